The quantitative estimate of drug-likeness (QED) is 0.329. The summed E-state index contributed by atoms with van der Waals surface area (Å²) in [5, 5.41) is 18.4. The molecule has 0 radical (unpaired) electrons. The molecule has 0 saturated carbocycles. The van der Waals surface area contributed by atoms with Crippen molar-refractivity contribution in [1.29, 1.82) is 0 Å². The maximum absolute atomic E-state index is 11.4. The summed E-state index contributed by atoms with van der Waals surface area (Å²) in [6.07, 6.45) is -0.741. The predicted octanol–water partition coefficient (Wildman–Crippen LogP) is -1.35. The van der Waals surface area contributed by atoms with Gasteiger partial charge in [-0.3, -0.25) is 10.1 Å². The van der Waals surface area contributed by atoms with E-state index < -0.39 is 38.6 Å². The number of aromatic nitrogens is 3. The van der Waals surface area contributed by atoms with Gasteiger partial charge in [-0.2, -0.15) is 4.98 Å². The largest absolute Gasteiger partial charge is 0.482 e. The second-order valence-electron chi connectivity index (χ2n) is 5.89. The zero-order valence-corrected chi connectivity index (χ0v) is 16.5. The lowest BCUT2D eigenvalue weighted by molar-refractivity contribution is -0.136. The van der Waals surface area contributed by atoms with Crippen LogP contribution in [0.4, 0.5) is 5.95 Å². The fourth-order valence-corrected chi connectivity index (χ4v) is 2.65. The van der Waals surface area contributed by atoms with E-state index in [1.165, 1.54) is 6.33 Å². The Balaban J connectivity index is 0.000000216. The summed E-state index contributed by atoms with van der Waals surface area (Å²) >= 11 is 0. The van der Waals surface area contributed by atoms with E-state index in [4.69, 9.17) is 30.7 Å². The zero-order chi connectivity index (χ0) is 22.1. The second kappa shape index (κ2) is 11.5. The van der Waals surface area contributed by atoms with Gasteiger partial charge in [-0.1, -0.05) is 18.2 Å². The molecule has 1 fully saturated rings. The number of hydrogen-bond donors (Lipinski definition) is 5. The highest BCUT2D eigenvalue weighted by Crippen LogP contribution is 2.26. The molecule has 4 atom stereocenters. The first-order chi connectivity index (χ1) is 14.3. The molecule has 1 aliphatic heterocycles. The fraction of sp³-hybridized carbons (Fsp3) is 0.375. The van der Waals surface area contributed by atoms with Crippen LogP contribution in [0.3, 0.4) is 0 Å². The van der Waals surface area contributed by atoms with Gasteiger partial charge in [-0.25, -0.2) is 14.6 Å². The van der Waals surface area contributed by atoms with Crippen LogP contribution in [0, 0.1) is 0 Å². The molecule has 30 heavy (non-hydrogen) atoms. The number of nitrogen functional groups attached to an aromatic ring is 1. The van der Waals surface area contributed by atoms with Crippen LogP contribution in [0.25, 0.3) is 0 Å². The summed E-state index contributed by atoms with van der Waals surface area (Å²) in [7, 11) is -2.15. The molecule has 7 N–H and O–H groups in total. The number of rotatable bonds is 6. The molecule has 13 nitrogen and oxygen atoms in total. The molecular weight excluding hydrogens is 421 g/mol. The number of carbonyl (C=O) groups excluding carboxylic acids is 1. The lowest BCUT2D eigenvalue weighted by Gasteiger charge is -2.13. The molecule has 0 spiro atoms. The Morgan fingerprint density at radius 1 is 1.37 bits per heavy atom. The van der Waals surface area contributed by atoms with E-state index in [0.717, 1.165) is 4.57 Å². The predicted molar refractivity (Wildman–Crippen MR) is 104 cm³/mol. The van der Waals surface area contributed by atoms with Crippen molar-refractivity contribution in [2.75, 3.05) is 18.9 Å². The molecule has 0 bridgehead atoms. The van der Waals surface area contributed by atoms with E-state index in [0.29, 0.717) is 5.75 Å². The van der Waals surface area contributed by atoms with Crippen molar-refractivity contribution in [2.24, 2.45) is 5.50 Å². The van der Waals surface area contributed by atoms with Gasteiger partial charge >= 0.3 is 20.2 Å². The Labute approximate surface area is 171 Å². The average Bonchev–Trinajstić information content (AvgIpc) is 3.07. The number of nitrogens with two attached hydrogens (primary N) is 2. The number of aliphatic hydroxyl groups excluding tert-OH is 2. The molecule has 2 aromatic rings. The van der Waals surface area contributed by atoms with Gasteiger partial charge in [-0.05, 0) is 12.1 Å². The van der Waals surface area contributed by atoms with Crippen LogP contribution >= 0.6 is 8.53 Å². The third-order valence-electron chi connectivity index (χ3n) is 3.74. The van der Waals surface area contributed by atoms with Crippen molar-refractivity contribution in [3.05, 3.63) is 47.1 Å². The zero-order valence-electron chi connectivity index (χ0n) is 15.6. The molecule has 2 heterocycles. The van der Waals surface area contributed by atoms with Crippen LogP contribution in [-0.2, 0) is 14.1 Å². The third kappa shape index (κ3) is 7.30. The molecule has 0 aliphatic carbocycles. The fourth-order valence-electron chi connectivity index (χ4n) is 2.39. The first-order valence-corrected chi connectivity index (χ1v) is 9.85. The number of para-hydroxylation sites is 1. The maximum Gasteiger partial charge on any atom is 0.354 e. The van der Waals surface area contributed by atoms with Crippen LogP contribution in [-0.4, -0.2) is 61.0 Å². The maximum atomic E-state index is 11.4. The summed E-state index contributed by atoms with van der Waals surface area (Å²) in [5.74, 6) is -0.243. The van der Waals surface area contributed by atoms with Crippen molar-refractivity contribution >= 4 is 20.4 Å². The van der Waals surface area contributed by atoms with E-state index >= 15 is 0 Å². The molecule has 0 amide bonds. The third-order valence-corrected chi connectivity index (χ3v) is 4.13. The van der Waals surface area contributed by atoms with E-state index in [1.54, 1.807) is 24.3 Å². The van der Waals surface area contributed by atoms with Gasteiger partial charge in [0.25, 0.3) is 0 Å². The van der Waals surface area contributed by atoms with E-state index in [-0.39, 0.29) is 25.6 Å². The Morgan fingerprint density at radius 3 is 2.63 bits per heavy atom. The monoisotopic (exact) mass is 443 g/mol. The van der Waals surface area contributed by atoms with Crippen LogP contribution < -0.4 is 21.7 Å². The number of anilines is 1. The van der Waals surface area contributed by atoms with Crippen molar-refractivity contribution in [2.45, 2.75) is 24.9 Å². The van der Waals surface area contributed by atoms with Crippen molar-refractivity contribution < 1.29 is 33.9 Å². The molecule has 1 saturated heterocycles. The molecule has 3 rings (SSSR count). The number of hydrogen-bond acceptors (Lipinski definition) is 12. The summed E-state index contributed by atoms with van der Waals surface area (Å²) in [6, 6.07) is 8.80. The first-order valence-electron chi connectivity index (χ1n) is 8.57. The Hall–Kier alpha value is -2.67. The second-order valence-corrected chi connectivity index (χ2v) is 6.67. The molecule has 1 aliphatic rings. The first kappa shape index (κ1) is 23.6. The SMILES string of the molecule is NP(O)OC(=O)COc1ccccc1.Nc1ncn([C@H]2C[C@H](O)[C@@H](CO)O2)c(=O)n1. The smallest absolute Gasteiger partial charge is 0.354 e. The standard InChI is InChI=1S/C8H12N4O4.C8H10NO4P/c9-7-10-3-12(8(15)11-7)6-1-4(14)5(2-13)16-6;9-14(11)13-8(10)6-12-7-4-2-1-3-5-7/h3-6,13-14H,1-2H2,(H2,9,11,15);1-5,11H,6,9H2/t4-,5+,6+;/m0./s1. The molecular formula is C16H22N5O8P. The van der Waals surface area contributed by atoms with Gasteiger partial charge in [0.1, 0.15) is 24.4 Å². The average molecular weight is 443 g/mol. The van der Waals surface area contributed by atoms with E-state index in [1.807, 2.05) is 6.07 Å². The molecule has 1 unspecified atom stereocenters. The van der Waals surface area contributed by atoms with Gasteiger partial charge in [-0.15, -0.1) is 0 Å². The summed E-state index contributed by atoms with van der Waals surface area (Å²) in [5.41, 5.74) is 9.53. The Morgan fingerprint density at radius 2 is 2.07 bits per heavy atom. The normalized spacial score (nSPS) is 21.3. The summed E-state index contributed by atoms with van der Waals surface area (Å²) in [4.78, 5) is 38.0. The van der Waals surface area contributed by atoms with Gasteiger partial charge in [0, 0.05) is 6.42 Å². The Bertz CT molecular complexity index is 868. The van der Waals surface area contributed by atoms with Gasteiger partial charge in [0.05, 0.1) is 12.7 Å². The number of ether oxygens (including phenoxy) is 2. The number of benzene rings is 1. The summed E-state index contributed by atoms with van der Waals surface area (Å²) < 4.78 is 15.7. The minimum absolute atomic E-state index is 0.112. The number of aliphatic hydroxyl groups is 2. The lowest BCUT2D eigenvalue weighted by Crippen LogP contribution is -2.28. The highest BCUT2D eigenvalue weighted by Gasteiger charge is 2.35. The summed E-state index contributed by atoms with van der Waals surface area (Å²) in [6.45, 7) is -0.567. The van der Waals surface area contributed by atoms with Crippen molar-refractivity contribution in [3.63, 3.8) is 0 Å². The molecule has 164 valence electrons. The Kier molecular flexibility index (Phi) is 9.05. The van der Waals surface area contributed by atoms with Crippen LogP contribution in [0.1, 0.15) is 12.6 Å². The van der Waals surface area contributed by atoms with Gasteiger partial charge in [0.15, 0.2) is 6.61 Å². The minimum Gasteiger partial charge on any atom is -0.482 e. The van der Waals surface area contributed by atoms with Crippen LogP contribution in [0.15, 0.2) is 41.5 Å². The van der Waals surface area contributed by atoms with Crippen LogP contribution in [0.5, 0.6) is 5.75 Å². The topological polar surface area (TPSA) is 205 Å². The highest BCUT2D eigenvalue weighted by molar-refractivity contribution is 7.44. The lowest BCUT2D eigenvalue weighted by atomic mass is 10.2. The molecule has 14 heteroatoms. The van der Waals surface area contributed by atoms with E-state index in [9.17, 15) is 14.7 Å². The van der Waals surface area contributed by atoms with Gasteiger partial charge in [0.2, 0.25) is 5.95 Å². The number of nitrogens with zero attached hydrogens (tertiary/aromatic N) is 3. The molecule has 1 aromatic heterocycles. The van der Waals surface area contributed by atoms with E-state index in [2.05, 4.69) is 14.5 Å². The minimum atomic E-state index is -2.15. The van der Waals surface area contributed by atoms with Crippen molar-refractivity contribution in [1.82, 2.24) is 14.5 Å². The highest BCUT2D eigenvalue weighted by atomic mass is 31.2. The van der Waals surface area contributed by atoms with Gasteiger partial charge < -0.3 is 34.8 Å². The van der Waals surface area contributed by atoms with Crippen LogP contribution in [0.2, 0.25) is 0 Å². The molecule has 1 aromatic carbocycles. The van der Waals surface area contributed by atoms with Crippen molar-refractivity contribution in [3.8, 4) is 5.75 Å². The number of carbonyl (C=O) groups is 1.